The van der Waals surface area contributed by atoms with Gasteiger partial charge in [0.25, 0.3) is 0 Å². The van der Waals surface area contributed by atoms with E-state index in [4.69, 9.17) is 10.9 Å². The van der Waals surface area contributed by atoms with Crippen molar-refractivity contribution in [3.05, 3.63) is 0 Å². The Labute approximate surface area is 95.6 Å². The number of hydrogen-bond acceptors (Lipinski definition) is 4. The number of amides is 1. The van der Waals surface area contributed by atoms with Gasteiger partial charge in [0.1, 0.15) is 19.0 Å². The van der Waals surface area contributed by atoms with Crippen molar-refractivity contribution < 1.29 is 27.9 Å². The fraction of sp³-hybridized carbons (Fsp3) is 0.750. The van der Waals surface area contributed by atoms with Gasteiger partial charge in [-0.1, -0.05) is 12.1 Å². The molecule has 9 heteroatoms. The fourth-order valence-electron chi connectivity index (χ4n) is 0.781. The second-order valence-corrected chi connectivity index (χ2v) is 3.34. The van der Waals surface area contributed by atoms with E-state index >= 15 is 0 Å². The SMILES string of the molecule is CC(CNC(=O)COCC(F)(F)F)C(N)=NO. The minimum Gasteiger partial charge on any atom is -0.409 e. The molecule has 0 aliphatic rings. The summed E-state index contributed by atoms with van der Waals surface area (Å²) in [5, 5.41) is 13.3. The summed E-state index contributed by atoms with van der Waals surface area (Å²) in [6.07, 6.45) is -4.46. The van der Waals surface area contributed by atoms with Crippen molar-refractivity contribution in [2.45, 2.75) is 13.1 Å². The lowest BCUT2D eigenvalue weighted by Gasteiger charge is -2.11. The average Bonchev–Trinajstić information content (AvgIpc) is 2.22. The first kappa shape index (κ1) is 15.5. The van der Waals surface area contributed by atoms with Gasteiger partial charge < -0.3 is 21.0 Å². The number of nitrogens with zero attached hydrogens (tertiary/aromatic N) is 1. The van der Waals surface area contributed by atoms with Crippen molar-refractivity contribution in [1.82, 2.24) is 5.32 Å². The molecule has 0 bridgehead atoms. The molecule has 0 aliphatic carbocycles. The van der Waals surface area contributed by atoms with Crippen molar-refractivity contribution in [1.29, 1.82) is 0 Å². The molecule has 1 atom stereocenters. The van der Waals surface area contributed by atoms with Crippen LogP contribution >= 0.6 is 0 Å². The first-order valence-electron chi connectivity index (χ1n) is 4.65. The zero-order valence-electron chi connectivity index (χ0n) is 9.12. The molecule has 0 spiro atoms. The standard InChI is InChI=1S/C8H14F3N3O3/c1-5(7(12)14-16)2-13-6(15)3-17-4-8(9,10)11/h5,16H,2-4H2,1H3,(H2,12,14)(H,13,15). The molecule has 0 saturated heterocycles. The van der Waals surface area contributed by atoms with E-state index < -0.39 is 31.2 Å². The highest BCUT2D eigenvalue weighted by Crippen LogP contribution is 2.13. The van der Waals surface area contributed by atoms with Crippen molar-refractivity contribution >= 4 is 11.7 Å². The third-order valence-electron chi connectivity index (χ3n) is 1.72. The summed E-state index contributed by atoms with van der Waals surface area (Å²) < 4.78 is 39.1. The Morgan fingerprint density at radius 2 is 2.18 bits per heavy atom. The van der Waals surface area contributed by atoms with Crippen LogP contribution in [0.5, 0.6) is 0 Å². The summed E-state index contributed by atoms with van der Waals surface area (Å²) in [5.74, 6) is -1.21. The average molecular weight is 257 g/mol. The minimum absolute atomic E-state index is 0.0457. The number of carbonyl (C=O) groups is 1. The molecule has 17 heavy (non-hydrogen) atoms. The van der Waals surface area contributed by atoms with E-state index in [-0.39, 0.29) is 12.4 Å². The minimum atomic E-state index is -4.46. The van der Waals surface area contributed by atoms with E-state index in [9.17, 15) is 18.0 Å². The van der Waals surface area contributed by atoms with E-state index in [0.717, 1.165) is 0 Å². The Kier molecular flexibility index (Phi) is 6.33. The third-order valence-corrected chi connectivity index (χ3v) is 1.72. The van der Waals surface area contributed by atoms with Crippen LogP contribution in [0.1, 0.15) is 6.92 Å². The Hall–Kier alpha value is -1.51. The highest BCUT2D eigenvalue weighted by atomic mass is 19.4. The molecule has 0 aliphatic heterocycles. The maximum absolute atomic E-state index is 11.7. The summed E-state index contributed by atoms with van der Waals surface area (Å²) >= 11 is 0. The smallest absolute Gasteiger partial charge is 0.409 e. The summed E-state index contributed by atoms with van der Waals surface area (Å²) in [6.45, 7) is -0.547. The van der Waals surface area contributed by atoms with Crippen LogP contribution in [-0.4, -0.2) is 42.9 Å². The molecule has 100 valence electrons. The number of amidine groups is 1. The predicted octanol–water partition coefficient (Wildman–Crippen LogP) is 0.0640. The van der Waals surface area contributed by atoms with Gasteiger partial charge in [0.2, 0.25) is 5.91 Å². The molecule has 0 saturated carbocycles. The Bertz CT molecular complexity index is 281. The number of rotatable bonds is 6. The lowest BCUT2D eigenvalue weighted by Crippen LogP contribution is -2.37. The lowest BCUT2D eigenvalue weighted by atomic mass is 10.1. The van der Waals surface area contributed by atoms with Crippen LogP contribution in [0.2, 0.25) is 0 Å². The topological polar surface area (TPSA) is 96.9 Å². The quantitative estimate of drug-likeness (QED) is 0.271. The molecular weight excluding hydrogens is 243 g/mol. The Balaban J connectivity index is 3.74. The Morgan fingerprint density at radius 1 is 1.59 bits per heavy atom. The maximum Gasteiger partial charge on any atom is 0.411 e. The number of oxime groups is 1. The van der Waals surface area contributed by atoms with Crippen LogP contribution < -0.4 is 11.1 Å². The van der Waals surface area contributed by atoms with Crippen LogP contribution in [0, 0.1) is 5.92 Å². The van der Waals surface area contributed by atoms with Crippen molar-refractivity contribution in [2.24, 2.45) is 16.8 Å². The van der Waals surface area contributed by atoms with Crippen molar-refractivity contribution in [3.8, 4) is 0 Å². The number of nitrogens with two attached hydrogens (primary N) is 1. The first-order chi connectivity index (χ1) is 7.76. The molecule has 6 nitrogen and oxygen atoms in total. The molecule has 0 aromatic rings. The van der Waals surface area contributed by atoms with E-state index in [1.54, 1.807) is 6.92 Å². The van der Waals surface area contributed by atoms with Gasteiger partial charge in [0.15, 0.2) is 0 Å². The number of hydrogen-bond donors (Lipinski definition) is 3. The van der Waals surface area contributed by atoms with Gasteiger partial charge in [0, 0.05) is 12.5 Å². The van der Waals surface area contributed by atoms with Crippen LogP contribution in [-0.2, 0) is 9.53 Å². The molecule has 0 radical (unpaired) electrons. The Morgan fingerprint density at radius 3 is 2.65 bits per heavy atom. The lowest BCUT2D eigenvalue weighted by molar-refractivity contribution is -0.175. The van der Waals surface area contributed by atoms with Gasteiger partial charge in [0.05, 0.1) is 0 Å². The number of carbonyl (C=O) groups excluding carboxylic acids is 1. The summed E-state index contributed by atoms with van der Waals surface area (Å²) in [4.78, 5) is 11.0. The molecule has 0 heterocycles. The van der Waals surface area contributed by atoms with Crippen LogP contribution in [0.25, 0.3) is 0 Å². The molecular formula is C8H14F3N3O3. The van der Waals surface area contributed by atoms with Gasteiger partial charge in [-0.25, -0.2) is 0 Å². The van der Waals surface area contributed by atoms with Gasteiger partial charge in [-0.15, -0.1) is 0 Å². The molecule has 0 rings (SSSR count). The molecule has 0 fully saturated rings. The van der Waals surface area contributed by atoms with Gasteiger partial charge >= 0.3 is 6.18 Å². The first-order valence-corrected chi connectivity index (χ1v) is 4.65. The van der Waals surface area contributed by atoms with Gasteiger partial charge in [-0.2, -0.15) is 13.2 Å². The maximum atomic E-state index is 11.7. The normalized spacial score (nSPS) is 14.5. The zero-order chi connectivity index (χ0) is 13.5. The largest absolute Gasteiger partial charge is 0.411 e. The van der Waals surface area contributed by atoms with Crippen LogP contribution in [0.3, 0.4) is 0 Å². The van der Waals surface area contributed by atoms with E-state index in [1.807, 2.05) is 0 Å². The molecule has 0 aromatic heterocycles. The number of nitrogens with one attached hydrogen (secondary N) is 1. The second kappa shape index (κ2) is 6.94. The number of alkyl halides is 3. The highest BCUT2D eigenvalue weighted by Gasteiger charge is 2.27. The monoisotopic (exact) mass is 257 g/mol. The summed E-state index contributed by atoms with van der Waals surface area (Å²) in [7, 11) is 0. The van der Waals surface area contributed by atoms with Crippen LogP contribution in [0.15, 0.2) is 5.16 Å². The third kappa shape index (κ3) is 8.31. The number of ether oxygens (including phenoxy) is 1. The van der Waals surface area contributed by atoms with E-state index in [0.29, 0.717) is 0 Å². The fourth-order valence-corrected chi connectivity index (χ4v) is 0.781. The number of halogens is 3. The van der Waals surface area contributed by atoms with Gasteiger partial charge in [-0.05, 0) is 0 Å². The van der Waals surface area contributed by atoms with Crippen LogP contribution in [0.4, 0.5) is 13.2 Å². The zero-order valence-corrected chi connectivity index (χ0v) is 9.12. The molecule has 1 amide bonds. The molecule has 4 N–H and O–H groups in total. The van der Waals surface area contributed by atoms with Crippen molar-refractivity contribution in [3.63, 3.8) is 0 Å². The summed E-state index contributed by atoms with van der Waals surface area (Å²) in [6, 6.07) is 0. The van der Waals surface area contributed by atoms with Crippen molar-refractivity contribution in [2.75, 3.05) is 19.8 Å². The molecule has 0 aromatic carbocycles. The summed E-state index contributed by atoms with van der Waals surface area (Å²) in [5.41, 5.74) is 5.23. The van der Waals surface area contributed by atoms with E-state index in [2.05, 4.69) is 15.2 Å². The predicted molar refractivity (Wildman–Crippen MR) is 52.5 cm³/mol. The second-order valence-electron chi connectivity index (χ2n) is 3.34. The van der Waals surface area contributed by atoms with Gasteiger partial charge in [-0.3, -0.25) is 4.79 Å². The van der Waals surface area contributed by atoms with E-state index in [1.165, 1.54) is 0 Å². The highest BCUT2D eigenvalue weighted by molar-refractivity contribution is 5.83. The molecule has 1 unspecified atom stereocenters.